The van der Waals surface area contributed by atoms with Crippen molar-refractivity contribution >= 4 is 13.6 Å². The van der Waals surface area contributed by atoms with Gasteiger partial charge in [-0.15, -0.1) is 23.2 Å². The molecule has 0 aliphatic rings. The number of rotatable bonds is 18. The second-order valence-electron chi connectivity index (χ2n) is 10.6. The molecular formula is C30H62N4O2Ru. The summed E-state index contributed by atoms with van der Waals surface area (Å²) in [7, 11) is 0. The largest absolute Gasteiger partial charge is 6.00 e. The van der Waals surface area contributed by atoms with E-state index in [1.54, 1.807) is 0 Å². The third-order valence-corrected chi connectivity index (χ3v) is 6.39. The summed E-state index contributed by atoms with van der Waals surface area (Å²) in [6.45, 7) is 32.9. The van der Waals surface area contributed by atoms with Gasteiger partial charge in [0.2, 0.25) is 0 Å². The van der Waals surface area contributed by atoms with Crippen molar-refractivity contribution in [1.82, 2.24) is 0 Å². The Morgan fingerprint density at radius 3 is 1.05 bits per heavy atom. The fourth-order valence-electron chi connectivity index (χ4n) is 2.91. The molecule has 0 aliphatic heterocycles. The van der Waals surface area contributed by atoms with E-state index in [9.17, 15) is 0 Å². The van der Waals surface area contributed by atoms with E-state index in [2.05, 4.69) is 96.7 Å². The van der Waals surface area contributed by atoms with E-state index < -0.39 is 0 Å². The Bertz CT molecular complexity index is 413. The molecule has 0 aromatic rings. The van der Waals surface area contributed by atoms with E-state index in [0.29, 0.717) is 12.1 Å². The summed E-state index contributed by atoms with van der Waals surface area (Å²) in [6.07, 6.45) is 12.0. The molecule has 7 heteroatoms. The Hall–Kier alpha value is -0.197. The Kier molecular flexibility index (Phi) is 38.3. The summed E-state index contributed by atoms with van der Waals surface area (Å²) in [5, 5.41) is 19.4. The van der Waals surface area contributed by atoms with E-state index in [1.165, 1.54) is 25.7 Å². The average molecular weight is 612 g/mol. The van der Waals surface area contributed by atoms with Crippen LogP contribution in [0.3, 0.4) is 0 Å². The van der Waals surface area contributed by atoms with Crippen LogP contribution in [0.2, 0.25) is 0 Å². The molecule has 0 fully saturated rings. The van der Waals surface area contributed by atoms with Gasteiger partial charge < -0.3 is 30.9 Å². The SMILES string of the molecule is CCCCC([N-]C(C)CC)[N-]C(C)(C)CC.CCCCC([N-]C(C)CC)[N-]C(C)(C)CC.[CH-]=O.[CH-]=O.[Ru+6]. The van der Waals surface area contributed by atoms with Crippen molar-refractivity contribution in [3.05, 3.63) is 21.3 Å². The molecule has 4 atom stereocenters. The molecule has 0 rings (SSSR count). The number of nitrogens with zero attached hydrogens (tertiary/aromatic N) is 4. The molecule has 6 nitrogen and oxygen atoms in total. The average Bonchev–Trinajstić information content (AvgIpc) is 2.88. The molecule has 0 saturated carbocycles. The predicted molar refractivity (Wildman–Crippen MR) is 162 cm³/mol. The molecule has 222 valence electrons. The van der Waals surface area contributed by atoms with Crippen LogP contribution in [0.15, 0.2) is 0 Å². The van der Waals surface area contributed by atoms with Gasteiger partial charge in [-0.05, 0) is 0 Å². The van der Waals surface area contributed by atoms with Gasteiger partial charge in [-0.1, -0.05) is 147 Å². The van der Waals surface area contributed by atoms with Crippen LogP contribution in [0.25, 0.3) is 21.3 Å². The van der Waals surface area contributed by atoms with Crippen molar-refractivity contribution in [3.63, 3.8) is 0 Å². The topological polar surface area (TPSA) is 90.5 Å². The van der Waals surface area contributed by atoms with Crippen molar-refractivity contribution < 1.29 is 29.1 Å². The zero-order valence-corrected chi connectivity index (χ0v) is 28.2. The number of hydrogen-bond donors (Lipinski definition) is 0. The summed E-state index contributed by atoms with van der Waals surface area (Å²) in [4.78, 5) is 15.5. The Balaban J connectivity index is -0.000000158. The maximum atomic E-state index is 7.75. The second-order valence-corrected chi connectivity index (χ2v) is 10.6. The van der Waals surface area contributed by atoms with Crippen LogP contribution in [0.4, 0.5) is 0 Å². The minimum atomic E-state index is 0. The summed E-state index contributed by atoms with van der Waals surface area (Å²) >= 11 is 0. The first kappa shape index (κ1) is 46.6. The van der Waals surface area contributed by atoms with Gasteiger partial charge in [0.25, 0.3) is 0 Å². The van der Waals surface area contributed by atoms with Crippen LogP contribution in [0, 0.1) is 0 Å². The normalized spacial score (nSPS) is 14.2. The molecular weight excluding hydrogens is 549 g/mol. The molecule has 4 unspecified atom stereocenters. The molecule has 0 aromatic carbocycles. The minimum absolute atomic E-state index is 0. The van der Waals surface area contributed by atoms with Gasteiger partial charge in [-0.3, -0.25) is 13.6 Å². The van der Waals surface area contributed by atoms with E-state index in [0.717, 1.165) is 38.5 Å². The molecule has 0 radical (unpaired) electrons. The van der Waals surface area contributed by atoms with Crippen molar-refractivity contribution in [2.45, 2.75) is 183 Å². The zero-order chi connectivity index (χ0) is 29.2. The fourth-order valence-corrected chi connectivity index (χ4v) is 2.91. The molecule has 0 aromatic heterocycles. The Labute approximate surface area is 246 Å². The van der Waals surface area contributed by atoms with E-state index in [-0.39, 0.29) is 42.9 Å². The van der Waals surface area contributed by atoms with Gasteiger partial charge >= 0.3 is 19.5 Å². The number of hydrogen-bond acceptors (Lipinski definition) is 2. The maximum absolute atomic E-state index is 7.75. The van der Waals surface area contributed by atoms with Crippen molar-refractivity contribution in [1.29, 1.82) is 0 Å². The van der Waals surface area contributed by atoms with Gasteiger partial charge in [0.1, 0.15) is 0 Å². The van der Waals surface area contributed by atoms with E-state index >= 15 is 0 Å². The minimum Gasteiger partial charge on any atom is -0.675 e. The number of carbonyl (C=O) groups excluding carboxylic acids is 2. The standard InChI is InChI=1S/2C14H30N2.2CHO.Ru/c2*1-7-10-11-13(15-12(4)8-2)16-14(5,6)9-3;2*1-2;/h2*12-13H,7-11H2,1-6H3;2*1H;/q2*-2;2*-1;+6. The first-order valence-electron chi connectivity index (χ1n) is 14.2. The molecule has 0 amide bonds. The molecule has 37 heavy (non-hydrogen) atoms. The molecule has 0 aliphatic carbocycles. The monoisotopic (exact) mass is 612 g/mol. The molecule has 0 saturated heterocycles. The Morgan fingerprint density at radius 2 is 0.865 bits per heavy atom. The van der Waals surface area contributed by atoms with Gasteiger partial charge in [0.05, 0.1) is 0 Å². The summed E-state index contributed by atoms with van der Waals surface area (Å²) < 4.78 is 0. The van der Waals surface area contributed by atoms with Crippen molar-refractivity contribution in [2.75, 3.05) is 0 Å². The van der Waals surface area contributed by atoms with E-state index in [4.69, 9.17) is 30.9 Å². The third kappa shape index (κ3) is 31.9. The first-order valence-corrected chi connectivity index (χ1v) is 14.2. The van der Waals surface area contributed by atoms with Gasteiger partial charge in [-0.25, -0.2) is 12.3 Å². The molecule has 0 heterocycles. The maximum Gasteiger partial charge on any atom is 6.00 e. The third-order valence-electron chi connectivity index (χ3n) is 6.39. The zero-order valence-electron chi connectivity index (χ0n) is 26.5. The van der Waals surface area contributed by atoms with Crippen LogP contribution < -0.4 is 0 Å². The summed E-state index contributed by atoms with van der Waals surface area (Å²) in [6, 6.07) is 0.886. The van der Waals surface area contributed by atoms with Crippen LogP contribution in [-0.4, -0.2) is 49.1 Å². The Morgan fingerprint density at radius 1 is 0.595 bits per heavy atom. The second kappa shape index (κ2) is 30.3. The van der Waals surface area contributed by atoms with Crippen LogP contribution >= 0.6 is 0 Å². The summed E-state index contributed by atoms with van der Waals surface area (Å²) in [5.41, 5.74) is 0.157. The predicted octanol–water partition coefficient (Wildman–Crippen LogP) is 9.92. The fraction of sp³-hybridized carbons (Fsp3) is 0.933. The van der Waals surface area contributed by atoms with Gasteiger partial charge in [0, 0.05) is 0 Å². The van der Waals surface area contributed by atoms with Crippen LogP contribution in [0.5, 0.6) is 0 Å². The van der Waals surface area contributed by atoms with E-state index in [1.807, 2.05) is 0 Å². The molecule has 0 N–H and O–H groups in total. The van der Waals surface area contributed by atoms with Gasteiger partial charge in [0.15, 0.2) is 0 Å². The first-order chi connectivity index (χ1) is 16.9. The smallest absolute Gasteiger partial charge is 0.675 e. The van der Waals surface area contributed by atoms with Crippen molar-refractivity contribution in [2.24, 2.45) is 0 Å². The number of unbranched alkanes of at least 4 members (excludes halogenated alkanes) is 2. The molecule has 0 bridgehead atoms. The summed E-state index contributed by atoms with van der Waals surface area (Å²) in [5.74, 6) is 0. The molecule has 0 spiro atoms. The van der Waals surface area contributed by atoms with Crippen LogP contribution in [0.1, 0.15) is 147 Å². The quantitative estimate of drug-likeness (QED) is 0.0876. The van der Waals surface area contributed by atoms with Crippen molar-refractivity contribution in [3.8, 4) is 0 Å². The van der Waals surface area contributed by atoms with Crippen LogP contribution in [-0.2, 0) is 29.1 Å². The van der Waals surface area contributed by atoms with Gasteiger partial charge in [-0.2, -0.15) is 0 Å².